The van der Waals surface area contributed by atoms with E-state index in [0.717, 1.165) is 11.1 Å². The van der Waals surface area contributed by atoms with Crippen LogP contribution in [0.1, 0.15) is 33.3 Å². The zero-order chi connectivity index (χ0) is 21.5. The van der Waals surface area contributed by atoms with Gasteiger partial charge in [0, 0.05) is 17.8 Å². The van der Waals surface area contributed by atoms with E-state index in [4.69, 9.17) is 14.2 Å². The molecular formula is C26H23FO4. The summed E-state index contributed by atoms with van der Waals surface area (Å²) in [6.07, 6.45) is 0. The molecular weight excluding hydrogens is 395 g/mol. The first-order valence-electron chi connectivity index (χ1n) is 10.4. The van der Waals surface area contributed by atoms with Crippen molar-refractivity contribution in [3.05, 3.63) is 89.2 Å². The highest BCUT2D eigenvalue weighted by atomic mass is 19.1. The monoisotopic (exact) mass is 418 g/mol. The Morgan fingerprint density at radius 2 is 1.61 bits per heavy atom. The van der Waals surface area contributed by atoms with E-state index in [9.17, 15) is 9.18 Å². The third-order valence-electron chi connectivity index (χ3n) is 6.61. The molecule has 158 valence electrons. The van der Waals surface area contributed by atoms with Crippen LogP contribution in [0.3, 0.4) is 0 Å². The van der Waals surface area contributed by atoms with Crippen LogP contribution in [0.15, 0.2) is 66.7 Å². The van der Waals surface area contributed by atoms with Gasteiger partial charge in [-0.15, -0.1) is 0 Å². The molecule has 1 fully saturated rings. The molecule has 0 spiro atoms. The smallest absolute Gasteiger partial charge is 0.170 e. The molecule has 3 aromatic rings. The van der Waals surface area contributed by atoms with Crippen LogP contribution in [0.2, 0.25) is 0 Å². The van der Waals surface area contributed by atoms with E-state index >= 15 is 0 Å². The molecule has 5 heteroatoms. The number of halogens is 1. The van der Waals surface area contributed by atoms with Crippen molar-refractivity contribution in [2.75, 3.05) is 20.8 Å². The summed E-state index contributed by atoms with van der Waals surface area (Å²) in [4.78, 5) is 13.6. The zero-order valence-electron chi connectivity index (χ0n) is 17.4. The fourth-order valence-electron chi connectivity index (χ4n) is 5.19. The zero-order valence-corrected chi connectivity index (χ0v) is 17.4. The molecule has 0 aromatic heterocycles. The SMILES string of the molecule is COc1ccc([C@@H]2[C@H]3C(=O)c4cc(F)ccc4OC[C@H]3[C@@H]2c2ccccc2)cc1OC. The topological polar surface area (TPSA) is 44.8 Å². The van der Waals surface area contributed by atoms with E-state index in [2.05, 4.69) is 12.1 Å². The highest BCUT2D eigenvalue weighted by molar-refractivity contribution is 6.02. The van der Waals surface area contributed by atoms with Gasteiger partial charge in [-0.3, -0.25) is 4.79 Å². The van der Waals surface area contributed by atoms with Gasteiger partial charge in [0.2, 0.25) is 0 Å². The lowest BCUT2D eigenvalue weighted by Gasteiger charge is -2.51. The van der Waals surface area contributed by atoms with Crippen LogP contribution in [0.4, 0.5) is 4.39 Å². The highest BCUT2D eigenvalue weighted by Crippen LogP contribution is 2.60. The molecule has 4 nitrogen and oxygen atoms in total. The summed E-state index contributed by atoms with van der Waals surface area (Å²) in [5, 5.41) is 0. The molecule has 0 unspecified atom stereocenters. The number of fused-ring (bicyclic) bond motifs is 2. The molecule has 1 aliphatic carbocycles. The van der Waals surface area contributed by atoms with Gasteiger partial charge < -0.3 is 14.2 Å². The highest BCUT2D eigenvalue weighted by Gasteiger charge is 2.56. The summed E-state index contributed by atoms with van der Waals surface area (Å²) < 4.78 is 30.8. The Labute approximate surface area is 180 Å². The van der Waals surface area contributed by atoms with Crippen LogP contribution in [0.5, 0.6) is 17.2 Å². The fraction of sp³-hybridized carbons (Fsp3) is 0.269. The second-order valence-electron chi connectivity index (χ2n) is 8.08. The minimum absolute atomic E-state index is 0.00320. The lowest BCUT2D eigenvalue weighted by molar-refractivity contribution is 0.0416. The maximum Gasteiger partial charge on any atom is 0.170 e. The number of methoxy groups -OCH3 is 2. The summed E-state index contributed by atoms with van der Waals surface area (Å²) in [5.41, 5.74) is 2.49. The summed E-state index contributed by atoms with van der Waals surface area (Å²) in [7, 11) is 3.20. The first-order valence-corrected chi connectivity index (χ1v) is 10.4. The van der Waals surface area contributed by atoms with Gasteiger partial charge >= 0.3 is 0 Å². The standard InChI is InChI=1S/C26H23FO4/c1-29-21-10-8-16(12-22(21)30-2)24-23(15-6-4-3-5-7-15)19-14-31-20-11-9-17(27)13-18(20)26(28)25(19)24/h3-13,19,23-25H,14H2,1-2H3/t19-,23-,24-,25-/m0/s1. The molecule has 31 heavy (non-hydrogen) atoms. The number of ether oxygens (including phenoxy) is 3. The Hall–Kier alpha value is -3.34. The molecule has 2 aliphatic rings. The molecule has 1 heterocycles. The second-order valence-corrected chi connectivity index (χ2v) is 8.08. The van der Waals surface area contributed by atoms with Crippen molar-refractivity contribution in [1.29, 1.82) is 0 Å². The molecule has 0 amide bonds. The maximum atomic E-state index is 13.9. The Kier molecular flexibility index (Phi) is 4.89. The minimum Gasteiger partial charge on any atom is -0.493 e. The quantitative estimate of drug-likeness (QED) is 0.582. The van der Waals surface area contributed by atoms with E-state index in [1.165, 1.54) is 12.1 Å². The Balaban J connectivity index is 1.62. The van der Waals surface area contributed by atoms with Crippen LogP contribution in [0.25, 0.3) is 0 Å². The number of benzene rings is 3. The van der Waals surface area contributed by atoms with Gasteiger partial charge in [-0.05, 0) is 47.4 Å². The Morgan fingerprint density at radius 3 is 2.35 bits per heavy atom. The molecule has 0 bridgehead atoms. The molecule has 4 atom stereocenters. The van der Waals surface area contributed by atoms with Crippen molar-refractivity contribution in [1.82, 2.24) is 0 Å². The van der Waals surface area contributed by atoms with Crippen molar-refractivity contribution in [2.24, 2.45) is 11.8 Å². The average Bonchev–Trinajstić information content (AvgIpc) is 2.89. The van der Waals surface area contributed by atoms with Crippen molar-refractivity contribution in [3.8, 4) is 17.2 Å². The summed E-state index contributed by atoms with van der Waals surface area (Å²) in [5.74, 6) is 0.957. The van der Waals surface area contributed by atoms with Crippen LogP contribution in [-0.2, 0) is 0 Å². The van der Waals surface area contributed by atoms with Gasteiger partial charge in [-0.25, -0.2) is 4.39 Å². The number of rotatable bonds is 4. The van der Waals surface area contributed by atoms with Crippen LogP contribution >= 0.6 is 0 Å². The third-order valence-corrected chi connectivity index (χ3v) is 6.61. The Morgan fingerprint density at radius 1 is 0.839 bits per heavy atom. The van der Waals surface area contributed by atoms with Crippen molar-refractivity contribution in [2.45, 2.75) is 11.8 Å². The maximum absolute atomic E-state index is 13.9. The van der Waals surface area contributed by atoms with E-state index in [0.29, 0.717) is 29.4 Å². The normalized spacial score (nSPS) is 24.2. The number of Topliss-reactive ketones (excluding diaryl/α,β-unsaturated/α-hetero) is 1. The van der Waals surface area contributed by atoms with Crippen molar-refractivity contribution < 1.29 is 23.4 Å². The Bertz CT molecular complexity index is 1130. The van der Waals surface area contributed by atoms with Crippen molar-refractivity contribution in [3.63, 3.8) is 0 Å². The predicted octanol–water partition coefficient (Wildman–Crippen LogP) is 5.23. The molecule has 0 radical (unpaired) electrons. The summed E-state index contributed by atoms with van der Waals surface area (Å²) in [6, 6.07) is 20.2. The number of hydrogen-bond donors (Lipinski definition) is 0. The van der Waals surface area contributed by atoms with Gasteiger partial charge in [0.1, 0.15) is 11.6 Å². The summed E-state index contributed by atoms with van der Waals surface area (Å²) in [6.45, 7) is 0.415. The van der Waals surface area contributed by atoms with E-state index in [1.807, 2.05) is 36.4 Å². The molecule has 0 N–H and O–H groups in total. The number of hydrogen-bond acceptors (Lipinski definition) is 4. The minimum atomic E-state index is -0.434. The van der Waals surface area contributed by atoms with E-state index in [-0.39, 0.29) is 29.5 Å². The molecule has 1 saturated carbocycles. The first kappa shape index (κ1) is 19.6. The average molecular weight is 418 g/mol. The first-order chi connectivity index (χ1) is 15.1. The lowest BCUT2D eigenvalue weighted by Crippen LogP contribution is -2.49. The van der Waals surface area contributed by atoms with Gasteiger partial charge in [0.05, 0.1) is 26.4 Å². The fourth-order valence-corrected chi connectivity index (χ4v) is 5.19. The lowest BCUT2D eigenvalue weighted by atomic mass is 9.51. The summed E-state index contributed by atoms with van der Waals surface area (Å²) >= 11 is 0. The molecule has 3 aromatic carbocycles. The van der Waals surface area contributed by atoms with Crippen LogP contribution in [-0.4, -0.2) is 26.6 Å². The van der Waals surface area contributed by atoms with Gasteiger partial charge in [0.25, 0.3) is 0 Å². The number of carbonyl (C=O) groups is 1. The van der Waals surface area contributed by atoms with Gasteiger partial charge in [-0.1, -0.05) is 36.4 Å². The molecule has 1 aliphatic heterocycles. The van der Waals surface area contributed by atoms with E-state index in [1.54, 1.807) is 20.3 Å². The molecule has 5 rings (SSSR count). The van der Waals surface area contributed by atoms with Crippen LogP contribution in [0, 0.1) is 17.7 Å². The number of ketones is 1. The second kappa shape index (κ2) is 7.73. The third kappa shape index (κ3) is 3.16. The predicted molar refractivity (Wildman–Crippen MR) is 115 cm³/mol. The van der Waals surface area contributed by atoms with Gasteiger partial charge in [-0.2, -0.15) is 0 Å². The van der Waals surface area contributed by atoms with Gasteiger partial charge in [0.15, 0.2) is 17.3 Å². The van der Waals surface area contributed by atoms with E-state index < -0.39 is 5.82 Å². The number of carbonyl (C=O) groups excluding carboxylic acids is 1. The van der Waals surface area contributed by atoms with Crippen LogP contribution < -0.4 is 14.2 Å². The largest absolute Gasteiger partial charge is 0.493 e. The van der Waals surface area contributed by atoms with Crippen molar-refractivity contribution >= 4 is 5.78 Å². The molecule has 0 saturated heterocycles.